The van der Waals surface area contributed by atoms with Gasteiger partial charge in [-0.1, -0.05) is 6.08 Å². The van der Waals surface area contributed by atoms with Crippen molar-refractivity contribution in [1.29, 1.82) is 0 Å². The Morgan fingerprint density at radius 2 is 2.14 bits per heavy atom. The summed E-state index contributed by atoms with van der Waals surface area (Å²) < 4.78 is 0. The molecule has 1 nitrogen and oxygen atoms in total. The quantitative estimate of drug-likeness (QED) is 0.452. The topological polar surface area (TPSA) is 3.24 Å². The minimum atomic E-state index is 1.26. The highest BCUT2D eigenvalue weighted by Gasteiger charge is 1.69. The fraction of sp³-hybridized carbons (Fsp3) is 0.600. The zero-order valence-corrected chi connectivity index (χ0v) is 7.31. The Hall–Kier alpha value is -0.243. The van der Waals surface area contributed by atoms with Crippen LogP contribution < -0.4 is 0 Å². The normalized spacial score (nSPS) is 10.6. The molecule has 0 amide bonds. The maximum Gasteiger partial charge on any atom is 0.00763 e. The van der Waals surface area contributed by atoms with E-state index < -0.39 is 0 Å². The second-order valence-corrected chi connectivity index (χ2v) is 2.57. The third-order valence-corrected chi connectivity index (χ3v) is 1.11. The first-order chi connectivity index (χ1) is 3.27. The summed E-state index contributed by atoms with van der Waals surface area (Å²) in [5.41, 5.74) is 0. The molecule has 0 aliphatic heterocycles. The molecule has 0 heterocycles. The van der Waals surface area contributed by atoms with Crippen LogP contribution in [-0.2, 0) is 0 Å². The van der Waals surface area contributed by atoms with Crippen molar-refractivity contribution in [2.75, 3.05) is 14.1 Å². The molecule has 42 valence electrons. The molecule has 0 aromatic carbocycles. The molecule has 0 aliphatic carbocycles. The van der Waals surface area contributed by atoms with Gasteiger partial charge in [-0.15, -0.1) is 0 Å². The van der Waals surface area contributed by atoms with E-state index in [0.29, 0.717) is 0 Å². The minimum Gasteiger partial charge on any atom is -0.384 e. The Balaban J connectivity index is 3.08. The number of hydrogen-bond donors (Lipinski definition) is 0. The number of rotatable bonds is 2. The molecular formula is C5H13NSi. The van der Waals surface area contributed by atoms with E-state index in [-0.39, 0.29) is 0 Å². The molecule has 0 unspecified atom stereocenters. The second kappa shape index (κ2) is 3.93. The van der Waals surface area contributed by atoms with Gasteiger partial charge in [0.25, 0.3) is 0 Å². The van der Waals surface area contributed by atoms with Crippen LogP contribution >= 0.6 is 0 Å². The molecule has 0 radical (unpaired) electrons. The molecule has 0 aliphatic rings. The van der Waals surface area contributed by atoms with Crippen molar-refractivity contribution in [3.63, 3.8) is 0 Å². The first-order valence-corrected chi connectivity index (χ1v) is 4.02. The van der Waals surface area contributed by atoms with Crippen LogP contribution in [0.5, 0.6) is 0 Å². The van der Waals surface area contributed by atoms with Crippen LogP contribution in [0, 0.1) is 0 Å². The maximum absolute atomic E-state index is 2.19. The summed E-state index contributed by atoms with van der Waals surface area (Å²) in [4.78, 5) is 2.05. The average Bonchev–Trinajstić information content (AvgIpc) is 1.61. The monoisotopic (exact) mass is 115 g/mol. The van der Waals surface area contributed by atoms with Gasteiger partial charge in [-0.2, -0.15) is 0 Å². The van der Waals surface area contributed by atoms with Crippen molar-refractivity contribution in [1.82, 2.24) is 4.90 Å². The molecule has 0 rings (SSSR count). The summed E-state index contributed by atoms with van der Waals surface area (Å²) in [6.07, 6.45) is 4.28. The molecule has 0 fully saturated rings. The summed E-state index contributed by atoms with van der Waals surface area (Å²) >= 11 is 0. The van der Waals surface area contributed by atoms with Crippen molar-refractivity contribution in [3.8, 4) is 0 Å². The standard InChI is InChI=1S/C5H13NSi/c1-6(2)4-3-5-7/h3-4H,5H2,1-2,7H3/b4-3+. The highest BCUT2D eigenvalue weighted by Crippen LogP contribution is 1.78. The lowest BCUT2D eigenvalue weighted by atomic mass is 10.6. The summed E-state index contributed by atoms with van der Waals surface area (Å²) in [6, 6.07) is 1.26. The van der Waals surface area contributed by atoms with E-state index in [0.717, 1.165) is 0 Å². The predicted molar refractivity (Wildman–Crippen MR) is 37.6 cm³/mol. The number of hydrogen-bond acceptors (Lipinski definition) is 1. The van der Waals surface area contributed by atoms with Gasteiger partial charge >= 0.3 is 0 Å². The minimum absolute atomic E-state index is 1.26. The Labute approximate surface area is 48.4 Å². The highest BCUT2D eigenvalue weighted by atomic mass is 28.1. The average molecular weight is 115 g/mol. The maximum atomic E-state index is 2.19. The molecule has 2 heteroatoms. The van der Waals surface area contributed by atoms with E-state index in [2.05, 4.69) is 17.2 Å². The van der Waals surface area contributed by atoms with Crippen LogP contribution in [0.25, 0.3) is 0 Å². The van der Waals surface area contributed by atoms with Crippen molar-refractivity contribution in [2.24, 2.45) is 0 Å². The molecule has 0 saturated carbocycles. The smallest absolute Gasteiger partial charge is 0.00763 e. The number of nitrogens with zero attached hydrogens (tertiary/aromatic N) is 1. The summed E-state index contributed by atoms with van der Waals surface area (Å²) in [5, 5.41) is 0. The van der Waals surface area contributed by atoms with Crippen LogP contribution in [-0.4, -0.2) is 29.2 Å². The van der Waals surface area contributed by atoms with Crippen molar-refractivity contribution >= 4 is 10.2 Å². The number of allylic oxidation sites excluding steroid dienone is 1. The molecule has 0 atom stereocenters. The summed E-state index contributed by atoms with van der Waals surface area (Å²) in [5.74, 6) is 0. The van der Waals surface area contributed by atoms with E-state index in [1.807, 2.05) is 14.1 Å². The zero-order chi connectivity index (χ0) is 5.70. The van der Waals surface area contributed by atoms with Gasteiger partial charge in [0, 0.05) is 24.3 Å². The van der Waals surface area contributed by atoms with E-state index in [9.17, 15) is 0 Å². The molecule has 0 bridgehead atoms. The molecule has 0 saturated heterocycles. The largest absolute Gasteiger partial charge is 0.384 e. The van der Waals surface area contributed by atoms with Crippen molar-refractivity contribution in [3.05, 3.63) is 12.3 Å². The first kappa shape index (κ1) is 6.76. The fourth-order valence-corrected chi connectivity index (χ4v) is 0.527. The molecule has 0 N–H and O–H groups in total. The lowest BCUT2D eigenvalue weighted by molar-refractivity contribution is 0.563. The fourth-order valence-electron chi connectivity index (χ4n) is 0.316. The van der Waals surface area contributed by atoms with Crippen LogP contribution in [0.3, 0.4) is 0 Å². The van der Waals surface area contributed by atoms with E-state index in [1.54, 1.807) is 0 Å². The van der Waals surface area contributed by atoms with Crippen LogP contribution in [0.2, 0.25) is 6.04 Å². The third-order valence-electron chi connectivity index (χ3n) is 0.639. The van der Waals surface area contributed by atoms with E-state index in [4.69, 9.17) is 0 Å². The second-order valence-electron chi connectivity index (χ2n) is 1.76. The Morgan fingerprint density at radius 3 is 2.29 bits per heavy atom. The van der Waals surface area contributed by atoms with Gasteiger partial charge in [-0.25, -0.2) is 0 Å². The van der Waals surface area contributed by atoms with Crippen LogP contribution in [0.1, 0.15) is 0 Å². The zero-order valence-electron chi connectivity index (χ0n) is 5.31. The molecular weight excluding hydrogens is 102 g/mol. The van der Waals surface area contributed by atoms with Crippen molar-refractivity contribution < 1.29 is 0 Å². The van der Waals surface area contributed by atoms with Crippen LogP contribution in [0.4, 0.5) is 0 Å². The van der Waals surface area contributed by atoms with Gasteiger partial charge in [0.05, 0.1) is 0 Å². The summed E-state index contributed by atoms with van der Waals surface area (Å²) in [7, 11) is 5.35. The SMILES string of the molecule is CN(C)/C=C/C[SiH3]. The van der Waals surface area contributed by atoms with Gasteiger partial charge < -0.3 is 4.90 Å². The van der Waals surface area contributed by atoms with Gasteiger partial charge in [0.2, 0.25) is 0 Å². The van der Waals surface area contributed by atoms with E-state index >= 15 is 0 Å². The third kappa shape index (κ3) is 5.76. The van der Waals surface area contributed by atoms with Crippen molar-refractivity contribution in [2.45, 2.75) is 6.04 Å². The van der Waals surface area contributed by atoms with Gasteiger partial charge in [0.15, 0.2) is 0 Å². The van der Waals surface area contributed by atoms with Gasteiger partial charge in [0.1, 0.15) is 0 Å². The van der Waals surface area contributed by atoms with Crippen LogP contribution in [0.15, 0.2) is 12.3 Å². The van der Waals surface area contributed by atoms with Gasteiger partial charge in [-0.3, -0.25) is 0 Å². The molecule has 7 heavy (non-hydrogen) atoms. The van der Waals surface area contributed by atoms with Gasteiger partial charge in [-0.05, 0) is 12.2 Å². The molecule has 0 aromatic heterocycles. The Kier molecular flexibility index (Phi) is 3.79. The first-order valence-electron chi connectivity index (χ1n) is 2.60. The molecule has 0 spiro atoms. The molecule has 0 aromatic rings. The lowest BCUT2D eigenvalue weighted by Gasteiger charge is -2.00. The summed E-state index contributed by atoms with van der Waals surface area (Å²) in [6.45, 7) is 0. The lowest BCUT2D eigenvalue weighted by Crippen LogP contribution is -1.99. The highest BCUT2D eigenvalue weighted by molar-refractivity contribution is 6.09. The Bertz CT molecular complexity index is 59.1. The van der Waals surface area contributed by atoms with E-state index in [1.165, 1.54) is 16.3 Å². The Morgan fingerprint density at radius 1 is 1.57 bits per heavy atom. The predicted octanol–water partition coefficient (Wildman–Crippen LogP) is -0.155.